The van der Waals surface area contributed by atoms with Gasteiger partial charge in [-0.05, 0) is 36.4 Å². The van der Waals surface area contributed by atoms with Crippen molar-refractivity contribution in [2.75, 3.05) is 14.2 Å². The Kier molecular flexibility index (Phi) is 4.88. The molecular weight excluding hydrogens is 410 g/mol. The summed E-state index contributed by atoms with van der Waals surface area (Å²) >= 11 is 5.95. The number of primary amides is 1. The zero-order valence-corrected chi connectivity index (χ0v) is 16.7. The number of amides is 1. The molecule has 0 spiro atoms. The van der Waals surface area contributed by atoms with Crippen LogP contribution in [0.15, 0.2) is 47.3 Å². The summed E-state index contributed by atoms with van der Waals surface area (Å²) in [6.45, 7) is 0. The first-order valence-electron chi connectivity index (χ1n) is 8.74. The van der Waals surface area contributed by atoms with Crippen LogP contribution in [0.5, 0.6) is 11.5 Å². The normalized spacial score (nSPS) is 10.9. The highest BCUT2D eigenvalue weighted by Gasteiger charge is 2.21. The molecule has 1 amide bonds. The fourth-order valence-electron chi connectivity index (χ4n) is 3.09. The van der Waals surface area contributed by atoms with Gasteiger partial charge in [-0.15, -0.1) is 0 Å². The molecule has 30 heavy (non-hydrogen) atoms. The maximum absolute atomic E-state index is 12.8. The van der Waals surface area contributed by atoms with Crippen molar-refractivity contribution in [2.45, 2.75) is 0 Å². The minimum Gasteiger partial charge on any atom is -0.493 e. The van der Waals surface area contributed by atoms with E-state index in [2.05, 4.69) is 15.0 Å². The number of aromatic nitrogens is 4. The van der Waals surface area contributed by atoms with Gasteiger partial charge in [0.15, 0.2) is 28.7 Å². The number of methoxy groups -OCH3 is 2. The van der Waals surface area contributed by atoms with Gasteiger partial charge >= 0.3 is 5.69 Å². The average Bonchev–Trinajstić information content (AvgIpc) is 3.08. The summed E-state index contributed by atoms with van der Waals surface area (Å²) in [7, 11) is 3.01. The first-order valence-corrected chi connectivity index (χ1v) is 9.11. The molecule has 2 aromatic carbocycles. The number of carbonyl (C=O) groups is 1. The molecule has 10 heteroatoms. The number of halogens is 1. The summed E-state index contributed by atoms with van der Waals surface area (Å²) in [6, 6.07) is 11.7. The van der Waals surface area contributed by atoms with Crippen LogP contribution in [0.25, 0.3) is 28.2 Å². The lowest BCUT2D eigenvalue weighted by Gasteiger charge is -2.10. The predicted molar refractivity (Wildman–Crippen MR) is 112 cm³/mol. The van der Waals surface area contributed by atoms with E-state index >= 15 is 0 Å². The Morgan fingerprint density at radius 3 is 2.40 bits per heavy atom. The van der Waals surface area contributed by atoms with E-state index in [9.17, 15) is 9.59 Å². The Bertz CT molecular complexity index is 1330. The fraction of sp³-hybridized carbons (Fsp3) is 0.100. The lowest BCUT2D eigenvalue weighted by molar-refractivity contribution is 0.0997. The summed E-state index contributed by atoms with van der Waals surface area (Å²) in [5, 5.41) is 0.541. The van der Waals surface area contributed by atoms with Gasteiger partial charge in [-0.2, -0.15) is 0 Å². The molecule has 0 fully saturated rings. The standard InChI is InChI=1S/C20H16ClN5O4/c1-29-13-8-7-12(9-14(13)30-2)26-19-16(24-20(26)28)15(17(22)27)23-18(25-19)10-3-5-11(21)6-4-10/h3-9H,1-2H3,(H2,22,27)(H,24,28). The summed E-state index contributed by atoms with van der Waals surface area (Å²) < 4.78 is 11.9. The van der Waals surface area contributed by atoms with E-state index in [-0.39, 0.29) is 22.7 Å². The van der Waals surface area contributed by atoms with Crippen molar-refractivity contribution in [3.63, 3.8) is 0 Å². The van der Waals surface area contributed by atoms with Crippen molar-refractivity contribution in [3.8, 4) is 28.6 Å². The van der Waals surface area contributed by atoms with Crippen molar-refractivity contribution < 1.29 is 14.3 Å². The number of aromatic amines is 1. The molecular formula is C20H16ClN5O4. The third-order valence-electron chi connectivity index (χ3n) is 4.50. The van der Waals surface area contributed by atoms with E-state index in [4.69, 9.17) is 26.8 Å². The number of nitrogens with zero attached hydrogens (tertiary/aromatic N) is 3. The number of fused-ring (bicyclic) bond motifs is 1. The Morgan fingerprint density at radius 1 is 1.07 bits per heavy atom. The van der Waals surface area contributed by atoms with E-state index in [0.29, 0.717) is 27.8 Å². The van der Waals surface area contributed by atoms with Crippen LogP contribution in [0.1, 0.15) is 10.5 Å². The molecule has 2 heterocycles. The number of nitrogens with one attached hydrogen (secondary N) is 1. The maximum Gasteiger partial charge on any atom is 0.332 e. The molecule has 0 bridgehead atoms. The number of ether oxygens (including phenoxy) is 2. The highest BCUT2D eigenvalue weighted by Crippen LogP contribution is 2.30. The lowest BCUT2D eigenvalue weighted by Crippen LogP contribution is -2.15. The zero-order chi connectivity index (χ0) is 21.4. The number of nitrogens with two attached hydrogens (primary N) is 1. The molecule has 0 saturated carbocycles. The number of carbonyl (C=O) groups excluding carboxylic acids is 1. The van der Waals surface area contributed by atoms with Crippen molar-refractivity contribution in [1.82, 2.24) is 19.5 Å². The van der Waals surface area contributed by atoms with E-state index in [0.717, 1.165) is 0 Å². The largest absolute Gasteiger partial charge is 0.493 e. The molecule has 4 rings (SSSR count). The Morgan fingerprint density at radius 2 is 1.77 bits per heavy atom. The molecule has 0 saturated heterocycles. The lowest BCUT2D eigenvalue weighted by atomic mass is 10.2. The van der Waals surface area contributed by atoms with Crippen LogP contribution in [0.4, 0.5) is 0 Å². The number of benzene rings is 2. The second kappa shape index (κ2) is 7.53. The van der Waals surface area contributed by atoms with Crippen molar-refractivity contribution in [2.24, 2.45) is 5.73 Å². The zero-order valence-electron chi connectivity index (χ0n) is 16.0. The van der Waals surface area contributed by atoms with Crippen molar-refractivity contribution >= 4 is 28.7 Å². The quantitative estimate of drug-likeness (QED) is 0.506. The van der Waals surface area contributed by atoms with Crippen LogP contribution < -0.4 is 20.9 Å². The maximum atomic E-state index is 12.8. The fourth-order valence-corrected chi connectivity index (χ4v) is 3.22. The van der Waals surface area contributed by atoms with Crippen LogP contribution in [0, 0.1) is 0 Å². The van der Waals surface area contributed by atoms with Crippen LogP contribution in [0.2, 0.25) is 5.02 Å². The molecule has 4 aromatic rings. The third kappa shape index (κ3) is 3.25. The summed E-state index contributed by atoms with van der Waals surface area (Å²) in [4.78, 5) is 36.2. The number of hydrogen-bond acceptors (Lipinski definition) is 6. The van der Waals surface area contributed by atoms with Gasteiger partial charge in [0.1, 0.15) is 5.52 Å². The van der Waals surface area contributed by atoms with Crippen LogP contribution in [-0.4, -0.2) is 39.6 Å². The van der Waals surface area contributed by atoms with Gasteiger partial charge in [0, 0.05) is 16.7 Å². The molecule has 0 aliphatic carbocycles. The third-order valence-corrected chi connectivity index (χ3v) is 4.75. The van der Waals surface area contributed by atoms with E-state index in [1.54, 1.807) is 42.5 Å². The number of imidazole rings is 1. The topological polar surface area (TPSA) is 125 Å². The van der Waals surface area contributed by atoms with Gasteiger partial charge in [0.25, 0.3) is 5.91 Å². The summed E-state index contributed by atoms with van der Waals surface area (Å²) in [6.07, 6.45) is 0. The van der Waals surface area contributed by atoms with Crippen molar-refractivity contribution in [1.29, 1.82) is 0 Å². The molecule has 0 aliphatic rings. The number of hydrogen-bond donors (Lipinski definition) is 2. The van der Waals surface area contributed by atoms with Crippen LogP contribution in [-0.2, 0) is 0 Å². The number of H-pyrrole nitrogens is 1. The Balaban J connectivity index is 2.02. The minimum absolute atomic E-state index is 0.0960. The van der Waals surface area contributed by atoms with E-state index in [1.165, 1.54) is 18.8 Å². The summed E-state index contributed by atoms with van der Waals surface area (Å²) in [5.41, 5.74) is 6.31. The molecule has 0 radical (unpaired) electrons. The highest BCUT2D eigenvalue weighted by molar-refractivity contribution is 6.30. The minimum atomic E-state index is -0.793. The van der Waals surface area contributed by atoms with Gasteiger partial charge in [0.2, 0.25) is 0 Å². The number of rotatable bonds is 5. The van der Waals surface area contributed by atoms with Gasteiger partial charge in [-0.25, -0.2) is 19.3 Å². The van der Waals surface area contributed by atoms with Gasteiger partial charge in [0.05, 0.1) is 19.9 Å². The monoisotopic (exact) mass is 425 g/mol. The second-order valence-electron chi connectivity index (χ2n) is 6.27. The molecule has 9 nitrogen and oxygen atoms in total. The van der Waals surface area contributed by atoms with Crippen molar-refractivity contribution in [3.05, 3.63) is 63.7 Å². The highest BCUT2D eigenvalue weighted by atomic mass is 35.5. The average molecular weight is 426 g/mol. The first-order chi connectivity index (χ1) is 14.4. The molecule has 3 N–H and O–H groups in total. The molecule has 0 aliphatic heterocycles. The van der Waals surface area contributed by atoms with Gasteiger partial charge in [-0.3, -0.25) is 4.79 Å². The predicted octanol–water partition coefficient (Wildman–Crippen LogP) is 2.55. The molecule has 152 valence electrons. The van der Waals surface area contributed by atoms with E-state index < -0.39 is 11.6 Å². The smallest absolute Gasteiger partial charge is 0.332 e. The van der Waals surface area contributed by atoms with Gasteiger partial charge in [-0.1, -0.05) is 11.6 Å². The molecule has 2 aromatic heterocycles. The molecule has 0 unspecified atom stereocenters. The second-order valence-corrected chi connectivity index (χ2v) is 6.71. The summed E-state index contributed by atoms with van der Waals surface area (Å²) in [5.74, 6) is 0.362. The van der Waals surface area contributed by atoms with E-state index in [1.807, 2.05) is 0 Å². The molecule has 0 atom stereocenters. The van der Waals surface area contributed by atoms with Crippen LogP contribution >= 0.6 is 11.6 Å². The first kappa shape index (κ1) is 19.5. The Hall–Kier alpha value is -3.85. The van der Waals surface area contributed by atoms with Gasteiger partial charge < -0.3 is 20.2 Å². The van der Waals surface area contributed by atoms with Crippen LogP contribution in [0.3, 0.4) is 0 Å². The SMILES string of the molecule is COc1ccc(-n2c(=O)[nH]c3c(C(N)=O)nc(-c4ccc(Cl)cc4)nc32)cc1OC. The Labute approximate surface area is 175 Å².